The van der Waals surface area contributed by atoms with Crippen LogP contribution in [0.5, 0.6) is 0 Å². The van der Waals surface area contributed by atoms with Gasteiger partial charge in [0.2, 0.25) is 0 Å². The van der Waals surface area contributed by atoms with E-state index in [0.29, 0.717) is 0 Å². The second-order valence-corrected chi connectivity index (χ2v) is 5.26. The maximum absolute atomic E-state index is 4.47. The fourth-order valence-corrected chi connectivity index (χ4v) is 2.87. The number of nitrogens with one attached hydrogen (secondary N) is 1. The molecule has 0 aliphatic carbocycles. The molecule has 1 heterocycles. The molecule has 106 valence electrons. The Kier molecular flexibility index (Phi) is 3.98. The third-order valence-corrected chi connectivity index (χ3v) is 3.90. The lowest BCUT2D eigenvalue weighted by molar-refractivity contribution is 0.631. The zero-order chi connectivity index (χ0) is 14.7. The highest BCUT2D eigenvalue weighted by atomic mass is 14.9. The first-order valence-corrected chi connectivity index (χ1v) is 7.44. The van der Waals surface area contributed by atoms with Gasteiger partial charge in [-0.1, -0.05) is 49.4 Å². The van der Waals surface area contributed by atoms with Crippen LogP contribution in [0.2, 0.25) is 0 Å². The molecule has 0 spiro atoms. The molecule has 1 atom stereocenters. The van der Waals surface area contributed by atoms with Crippen LogP contribution < -0.4 is 5.32 Å². The van der Waals surface area contributed by atoms with Gasteiger partial charge in [0.1, 0.15) is 0 Å². The van der Waals surface area contributed by atoms with E-state index in [1.165, 1.54) is 22.1 Å². The molecule has 0 radical (unpaired) electrons. The lowest BCUT2D eigenvalue weighted by Gasteiger charge is -2.22. The highest BCUT2D eigenvalue weighted by Crippen LogP contribution is 2.29. The molecule has 1 aromatic heterocycles. The molecule has 0 aliphatic heterocycles. The number of aryl methyl sites for hydroxylation is 1. The number of aromatic nitrogens is 1. The number of para-hydroxylation sites is 1. The molecule has 2 aromatic carbocycles. The van der Waals surface area contributed by atoms with Gasteiger partial charge in [0.25, 0.3) is 0 Å². The third-order valence-electron chi connectivity index (χ3n) is 3.90. The minimum atomic E-state index is 0.198. The van der Waals surface area contributed by atoms with E-state index in [0.717, 1.165) is 12.1 Å². The van der Waals surface area contributed by atoms with Gasteiger partial charge in [0.15, 0.2) is 0 Å². The van der Waals surface area contributed by atoms with Crippen molar-refractivity contribution in [1.82, 2.24) is 10.3 Å². The Hall–Kier alpha value is -2.19. The number of rotatable bonds is 4. The van der Waals surface area contributed by atoms with Gasteiger partial charge in [-0.05, 0) is 42.3 Å². The van der Waals surface area contributed by atoms with Crippen molar-refractivity contribution in [1.29, 1.82) is 0 Å². The first-order valence-electron chi connectivity index (χ1n) is 7.44. The van der Waals surface area contributed by atoms with E-state index in [1.807, 2.05) is 12.3 Å². The summed E-state index contributed by atoms with van der Waals surface area (Å²) in [6.45, 7) is 5.24. The lowest BCUT2D eigenvalue weighted by Crippen LogP contribution is -2.23. The van der Waals surface area contributed by atoms with E-state index < -0.39 is 0 Å². The maximum atomic E-state index is 4.47. The Morgan fingerprint density at radius 1 is 0.952 bits per heavy atom. The van der Waals surface area contributed by atoms with Gasteiger partial charge >= 0.3 is 0 Å². The Morgan fingerprint density at radius 2 is 1.71 bits per heavy atom. The van der Waals surface area contributed by atoms with Crippen molar-refractivity contribution in [3.63, 3.8) is 0 Å². The zero-order valence-corrected chi connectivity index (χ0v) is 12.5. The monoisotopic (exact) mass is 276 g/mol. The molecule has 0 aliphatic rings. The van der Waals surface area contributed by atoms with Gasteiger partial charge in [-0.25, -0.2) is 0 Å². The summed E-state index contributed by atoms with van der Waals surface area (Å²) >= 11 is 0. The van der Waals surface area contributed by atoms with Crippen molar-refractivity contribution in [2.24, 2.45) is 0 Å². The molecule has 3 aromatic rings. The Balaban J connectivity index is 2.19. The van der Waals surface area contributed by atoms with E-state index in [9.17, 15) is 0 Å². The minimum Gasteiger partial charge on any atom is -0.307 e. The van der Waals surface area contributed by atoms with Gasteiger partial charge in [-0.3, -0.25) is 4.98 Å². The SMILES string of the molecule is CCNC(c1ccccc1C)c1ccnc2ccccc12. The fraction of sp³-hybridized carbons (Fsp3) is 0.211. The van der Waals surface area contributed by atoms with Crippen LogP contribution in [0.1, 0.15) is 29.7 Å². The normalized spacial score (nSPS) is 12.5. The maximum Gasteiger partial charge on any atom is 0.0705 e. The largest absolute Gasteiger partial charge is 0.307 e. The fourth-order valence-electron chi connectivity index (χ4n) is 2.87. The standard InChI is InChI=1S/C19H20N2/c1-3-20-19(15-9-5-4-8-14(15)2)17-12-13-21-18-11-7-6-10-16(17)18/h4-13,19-20H,3H2,1-2H3. The van der Waals surface area contributed by atoms with Crippen LogP contribution in [0.4, 0.5) is 0 Å². The number of pyridine rings is 1. The van der Waals surface area contributed by atoms with Crippen molar-refractivity contribution in [3.05, 3.63) is 77.5 Å². The Bertz CT molecular complexity index is 744. The van der Waals surface area contributed by atoms with Gasteiger partial charge in [-0.2, -0.15) is 0 Å². The molecule has 1 N–H and O–H groups in total. The zero-order valence-electron chi connectivity index (χ0n) is 12.5. The van der Waals surface area contributed by atoms with E-state index in [4.69, 9.17) is 0 Å². The van der Waals surface area contributed by atoms with Gasteiger partial charge in [0.05, 0.1) is 11.6 Å². The first-order chi connectivity index (χ1) is 10.3. The summed E-state index contributed by atoms with van der Waals surface area (Å²) in [5.74, 6) is 0. The molecule has 3 rings (SSSR count). The number of fused-ring (bicyclic) bond motifs is 1. The van der Waals surface area contributed by atoms with Crippen LogP contribution in [-0.4, -0.2) is 11.5 Å². The average molecular weight is 276 g/mol. The van der Waals surface area contributed by atoms with Gasteiger partial charge < -0.3 is 5.32 Å². The summed E-state index contributed by atoms with van der Waals surface area (Å²) in [6, 6.07) is 19.2. The lowest BCUT2D eigenvalue weighted by atomic mass is 9.93. The van der Waals surface area contributed by atoms with E-state index in [2.05, 4.69) is 72.7 Å². The highest BCUT2D eigenvalue weighted by molar-refractivity contribution is 5.82. The molecular formula is C19H20N2. The second-order valence-electron chi connectivity index (χ2n) is 5.26. The van der Waals surface area contributed by atoms with E-state index in [-0.39, 0.29) is 6.04 Å². The Morgan fingerprint density at radius 3 is 2.52 bits per heavy atom. The molecule has 2 nitrogen and oxygen atoms in total. The Labute approximate surface area is 125 Å². The summed E-state index contributed by atoms with van der Waals surface area (Å²) in [4.78, 5) is 4.47. The van der Waals surface area contributed by atoms with Crippen LogP contribution in [0.15, 0.2) is 60.8 Å². The number of hydrogen-bond donors (Lipinski definition) is 1. The second kappa shape index (κ2) is 6.06. The molecule has 2 heteroatoms. The van der Waals surface area contributed by atoms with Crippen molar-refractivity contribution in [3.8, 4) is 0 Å². The molecule has 0 saturated heterocycles. The molecule has 21 heavy (non-hydrogen) atoms. The van der Waals surface area contributed by atoms with Crippen molar-refractivity contribution >= 4 is 10.9 Å². The van der Waals surface area contributed by atoms with Crippen molar-refractivity contribution in [2.75, 3.05) is 6.54 Å². The number of benzene rings is 2. The first kappa shape index (κ1) is 13.8. The van der Waals surface area contributed by atoms with Crippen LogP contribution in [0, 0.1) is 6.92 Å². The molecule has 1 unspecified atom stereocenters. The third kappa shape index (κ3) is 2.67. The van der Waals surface area contributed by atoms with Gasteiger partial charge in [-0.15, -0.1) is 0 Å². The average Bonchev–Trinajstić information content (AvgIpc) is 2.53. The predicted octanol–water partition coefficient (Wildman–Crippen LogP) is 4.24. The van der Waals surface area contributed by atoms with Crippen LogP contribution in [0.25, 0.3) is 10.9 Å². The summed E-state index contributed by atoms with van der Waals surface area (Å²) in [5, 5.41) is 4.84. The summed E-state index contributed by atoms with van der Waals surface area (Å²) in [5.41, 5.74) is 4.98. The van der Waals surface area contributed by atoms with E-state index >= 15 is 0 Å². The van der Waals surface area contributed by atoms with Crippen molar-refractivity contribution in [2.45, 2.75) is 19.9 Å². The number of hydrogen-bond acceptors (Lipinski definition) is 2. The molecule has 0 saturated carbocycles. The minimum absolute atomic E-state index is 0.198. The molecule has 0 bridgehead atoms. The van der Waals surface area contributed by atoms with Crippen LogP contribution >= 0.6 is 0 Å². The summed E-state index contributed by atoms with van der Waals surface area (Å²) < 4.78 is 0. The molecule has 0 fully saturated rings. The predicted molar refractivity (Wildman–Crippen MR) is 88.4 cm³/mol. The summed E-state index contributed by atoms with van der Waals surface area (Å²) in [7, 11) is 0. The highest BCUT2D eigenvalue weighted by Gasteiger charge is 2.17. The molecular weight excluding hydrogens is 256 g/mol. The topological polar surface area (TPSA) is 24.9 Å². The smallest absolute Gasteiger partial charge is 0.0705 e. The molecule has 0 amide bonds. The van der Waals surface area contributed by atoms with Crippen molar-refractivity contribution < 1.29 is 0 Å². The van der Waals surface area contributed by atoms with Crippen LogP contribution in [-0.2, 0) is 0 Å². The quantitative estimate of drug-likeness (QED) is 0.771. The van der Waals surface area contributed by atoms with Crippen LogP contribution in [0.3, 0.4) is 0 Å². The van der Waals surface area contributed by atoms with Gasteiger partial charge in [0, 0.05) is 11.6 Å². The summed E-state index contributed by atoms with van der Waals surface area (Å²) in [6.07, 6.45) is 1.90. The number of nitrogens with zero attached hydrogens (tertiary/aromatic N) is 1. The van der Waals surface area contributed by atoms with E-state index in [1.54, 1.807) is 0 Å².